The molecule has 0 aromatic carbocycles. The summed E-state index contributed by atoms with van der Waals surface area (Å²) in [7, 11) is -3.38. The number of sulfone groups is 1. The summed E-state index contributed by atoms with van der Waals surface area (Å²) in [6.45, 7) is 1.47. The summed E-state index contributed by atoms with van der Waals surface area (Å²) in [5.74, 6) is 0.779. The molecule has 6 nitrogen and oxygen atoms in total. The lowest BCUT2D eigenvalue weighted by molar-refractivity contribution is 0.133. The van der Waals surface area contributed by atoms with E-state index in [0.717, 1.165) is 37.2 Å². The SMILES string of the molecule is CS(=O)(=O)c1c(N)nsc1N1CC2CCC(O)C2C1. The predicted molar refractivity (Wildman–Crippen MR) is 74.1 cm³/mol. The molecule has 0 bridgehead atoms. The van der Waals surface area contributed by atoms with E-state index in [1.165, 1.54) is 0 Å². The fraction of sp³-hybridized carbons (Fsp3) is 0.727. The molecule has 19 heavy (non-hydrogen) atoms. The van der Waals surface area contributed by atoms with Gasteiger partial charge in [0.05, 0.1) is 6.10 Å². The normalized spacial score (nSPS) is 30.8. The first kappa shape index (κ1) is 13.1. The number of hydrogen-bond acceptors (Lipinski definition) is 7. The first-order valence-corrected chi connectivity index (χ1v) is 8.92. The van der Waals surface area contributed by atoms with Crippen molar-refractivity contribution in [3.63, 3.8) is 0 Å². The monoisotopic (exact) mass is 303 g/mol. The number of rotatable bonds is 2. The smallest absolute Gasteiger partial charge is 0.182 e. The Labute approximate surface area is 116 Å². The van der Waals surface area contributed by atoms with Gasteiger partial charge in [-0.05, 0) is 30.3 Å². The predicted octanol–water partition coefficient (Wildman–Crippen LogP) is 0.336. The minimum Gasteiger partial charge on any atom is -0.393 e. The molecule has 2 heterocycles. The maximum absolute atomic E-state index is 11.8. The van der Waals surface area contributed by atoms with E-state index in [-0.39, 0.29) is 22.7 Å². The highest BCUT2D eigenvalue weighted by atomic mass is 32.2. The van der Waals surface area contributed by atoms with Crippen LogP contribution in [0.2, 0.25) is 0 Å². The van der Waals surface area contributed by atoms with Crippen LogP contribution >= 0.6 is 11.5 Å². The zero-order valence-electron chi connectivity index (χ0n) is 10.6. The Morgan fingerprint density at radius 1 is 1.42 bits per heavy atom. The van der Waals surface area contributed by atoms with Crippen molar-refractivity contribution in [2.24, 2.45) is 11.8 Å². The maximum Gasteiger partial charge on any atom is 0.182 e. The van der Waals surface area contributed by atoms with Crippen LogP contribution in [-0.4, -0.2) is 43.3 Å². The van der Waals surface area contributed by atoms with Gasteiger partial charge in [-0.3, -0.25) is 0 Å². The van der Waals surface area contributed by atoms with Gasteiger partial charge in [0.25, 0.3) is 0 Å². The molecule has 8 heteroatoms. The number of aromatic nitrogens is 1. The standard InChI is InChI=1S/C11H17N3O3S2/c1-19(16,17)9-10(12)13-18-11(9)14-4-6-2-3-8(15)7(6)5-14/h6-8,15H,2-5H2,1H3,(H2,12,13). The molecule has 1 saturated heterocycles. The van der Waals surface area contributed by atoms with E-state index in [1.54, 1.807) is 0 Å². The van der Waals surface area contributed by atoms with Gasteiger partial charge in [0.15, 0.2) is 15.7 Å². The summed E-state index contributed by atoms with van der Waals surface area (Å²) in [4.78, 5) is 2.16. The zero-order chi connectivity index (χ0) is 13.8. The molecule has 1 saturated carbocycles. The van der Waals surface area contributed by atoms with Gasteiger partial charge in [0.1, 0.15) is 9.90 Å². The van der Waals surface area contributed by atoms with E-state index in [2.05, 4.69) is 4.37 Å². The fourth-order valence-electron chi connectivity index (χ4n) is 3.24. The molecule has 1 aromatic rings. The molecule has 1 aromatic heterocycles. The molecule has 0 radical (unpaired) electrons. The molecule has 0 amide bonds. The van der Waals surface area contributed by atoms with Crippen molar-refractivity contribution in [2.45, 2.75) is 23.8 Å². The summed E-state index contributed by atoms with van der Waals surface area (Å²) in [5, 5.41) is 10.5. The molecule has 3 unspecified atom stereocenters. The van der Waals surface area contributed by atoms with Crippen molar-refractivity contribution in [1.82, 2.24) is 4.37 Å². The third-order valence-corrected chi connectivity index (χ3v) is 6.33. The van der Waals surface area contributed by atoms with E-state index in [4.69, 9.17) is 5.73 Å². The third kappa shape index (κ3) is 2.11. The third-order valence-electron chi connectivity index (χ3n) is 4.13. The summed E-state index contributed by atoms with van der Waals surface area (Å²) >= 11 is 1.13. The van der Waals surface area contributed by atoms with Crippen molar-refractivity contribution < 1.29 is 13.5 Å². The van der Waals surface area contributed by atoms with E-state index >= 15 is 0 Å². The van der Waals surface area contributed by atoms with Crippen LogP contribution in [0.4, 0.5) is 10.8 Å². The quantitative estimate of drug-likeness (QED) is 0.817. The fourth-order valence-corrected chi connectivity index (χ4v) is 5.46. The van der Waals surface area contributed by atoms with Gasteiger partial charge in [0, 0.05) is 25.3 Å². The van der Waals surface area contributed by atoms with Crippen LogP contribution in [0, 0.1) is 11.8 Å². The summed E-state index contributed by atoms with van der Waals surface area (Å²) in [6.07, 6.45) is 2.75. The Hall–Kier alpha value is -0.860. The van der Waals surface area contributed by atoms with E-state index in [9.17, 15) is 13.5 Å². The van der Waals surface area contributed by atoms with Crippen molar-refractivity contribution in [1.29, 1.82) is 0 Å². The minimum absolute atomic E-state index is 0.0834. The molecule has 3 N–H and O–H groups in total. The topological polar surface area (TPSA) is 96.5 Å². The number of hydrogen-bond donors (Lipinski definition) is 2. The molecule has 2 aliphatic rings. The second-order valence-corrected chi connectivity index (χ2v) is 8.15. The summed E-state index contributed by atoms with van der Waals surface area (Å²) in [5.41, 5.74) is 5.68. The van der Waals surface area contributed by atoms with Crippen molar-refractivity contribution in [3.8, 4) is 0 Å². The van der Waals surface area contributed by atoms with Crippen molar-refractivity contribution >= 4 is 32.2 Å². The van der Waals surface area contributed by atoms with Crippen LogP contribution in [0.3, 0.4) is 0 Å². The summed E-state index contributed by atoms with van der Waals surface area (Å²) in [6, 6.07) is 0. The van der Waals surface area contributed by atoms with E-state index < -0.39 is 9.84 Å². The number of aliphatic hydroxyl groups is 1. The van der Waals surface area contributed by atoms with Crippen molar-refractivity contribution in [3.05, 3.63) is 0 Å². The Morgan fingerprint density at radius 2 is 2.16 bits per heavy atom. The molecule has 3 rings (SSSR count). The zero-order valence-corrected chi connectivity index (χ0v) is 12.2. The van der Waals surface area contributed by atoms with E-state index in [0.29, 0.717) is 17.5 Å². The van der Waals surface area contributed by atoms with Crippen LogP contribution < -0.4 is 10.6 Å². The lowest BCUT2D eigenvalue weighted by atomic mass is 10.00. The van der Waals surface area contributed by atoms with Gasteiger partial charge in [-0.2, -0.15) is 4.37 Å². The first-order chi connectivity index (χ1) is 8.88. The highest BCUT2D eigenvalue weighted by Crippen LogP contribution is 2.43. The van der Waals surface area contributed by atoms with Gasteiger partial charge in [0.2, 0.25) is 0 Å². The van der Waals surface area contributed by atoms with Crippen LogP contribution in [-0.2, 0) is 9.84 Å². The van der Waals surface area contributed by atoms with Crippen LogP contribution in [0.1, 0.15) is 12.8 Å². The second kappa shape index (κ2) is 4.32. The van der Waals surface area contributed by atoms with Crippen molar-refractivity contribution in [2.75, 3.05) is 30.0 Å². The van der Waals surface area contributed by atoms with Crippen LogP contribution in [0.15, 0.2) is 4.90 Å². The average molecular weight is 303 g/mol. The average Bonchev–Trinajstić information content (AvgIpc) is 2.93. The molecular formula is C11H17N3O3S2. The highest BCUT2D eigenvalue weighted by molar-refractivity contribution is 7.91. The number of nitrogens with two attached hydrogens (primary N) is 1. The van der Waals surface area contributed by atoms with Gasteiger partial charge >= 0.3 is 0 Å². The van der Waals surface area contributed by atoms with Gasteiger partial charge < -0.3 is 15.7 Å². The van der Waals surface area contributed by atoms with Crippen LogP contribution in [0.25, 0.3) is 0 Å². The summed E-state index contributed by atoms with van der Waals surface area (Å²) < 4.78 is 27.6. The molecule has 1 aliphatic carbocycles. The minimum atomic E-state index is -3.38. The molecule has 3 atom stereocenters. The van der Waals surface area contributed by atoms with Crippen LogP contribution in [0.5, 0.6) is 0 Å². The first-order valence-electron chi connectivity index (χ1n) is 6.26. The van der Waals surface area contributed by atoms with E-state index in [1.807, 2.05) is 4.90 Å². The lowest BCUT2D eigenvalue weighted by Crippen LogP contribution is -2.24. The van der Waals surface area contributed by atoms with Gasteiger partial charge in [-0.25, -0.2) is 8.42 Å². The number of aliphatic hydroxyl groups excluding tert-OH is 1. The largest absolute Gasteiger partial charge is 0.393 e. The Balaban J connectivity index is 1.93. The molecule has 0 spiro atoms. The number of nitrogen functional groups attached to an aromatic ring is 1. The van der Waals surface area contributed by atoms with Gasteiger partial charge in [-0.1, -0.05) is 0 Å². The second-order valence-electron chi connectivity index (χ2n) is 5.45. The van der Waals surface area contributed by atoms with Gasteiger partial charge in [-0.15, -0.1) is 0 Å². The molecule has 1 aliphatic heterocycles. The molecular weight excluding hydrogens is 286 g/mol. The lowest BCUT2D eigenvalue weighted by Gasteiger charge is -2.19. The molecule has 106 valence electrons. The maximum atomic E-state index is 11.8. The highest BCUT2D eigenvalue weighted by Gasteiger charge is 2.43. The Bertz CT molecular complexity index is 598. The molecule has 2 fully saturated rings. The number of anilines is 2. The Morgan fingerprint density at radius 3 is 2.79 bits per heavy atom. The number of fused-ring (bicyclic) bond motifs is 1. The number of nitrogens with zero attached hydrogens (tertiary/aromatic N) is 2. The Kier molecular flexibility index (Phi) is 2.99.